The van der Waals surface area contributed by atoms with Crippen LogP contribution in [0, 0.1) is 22.7 Å². The third-order valence-electron chi connectivity index (χ3n) is 3.31. The van der Waals surface area contributed by atoms with Crippen LogP contribution in [-0.4, -0.2) is 26.1 Å². The highest BCUT2D eigenvalue weighted by Gasteiger charge is 2.16. The quantitative estimate of drug-likeness (QED) is 0.715. The maximum Gasteiger partial charge on any atom is 0.331 e. The van der Waals surface area contributed by atoms with Gasteiger partial charge in [-0.25, -0.2) is 4.79 Å². The standard InChI is InChI=1S/C15H16N8O3/c1-3-5-6-23-13(24)11(12(26-4-2)20-15(23)25)21-22-14-18-9(7-16)10(8-17)19-14/h3-6H2,1-2H3,(H,18,19)(H,20,25)/b22-21+. The van der Waals surface area contributed by atoms with Gasteiger partial charge in [0, 0.05) is 6.54 Å². The smallest absolute Gasteiger partial charge is 0.331 e. The summed E-state index contributed by atoms with van der Waals surface area (Å²) in [5.41, 5.74) is -1.64. The molecule has 0 saturated heterocycles. The molecule has 0 amide bonds. The van der Waals surface area contributed by atoms with Crippen LogP contribution in [-0.2, 0) is 6.54 Å². The summed E-state index contributed by atoms with van der Waals surface area (Å²) >= 11 is 0. The molecular formula is C15H16N8O3. The average molecular weight is 356 g/mol. The van der Waals surface area contributed by atoms with Gasteiger partial charge in [0.25, 0.3) is 5.56 Å². The minimum atomic E-state index is -0.651. The van der Waals surface area contributed by atoms with E-state index in [-0.39, 0.29) is 42.1 Å². The monoisotopic (exact) mass is 356 g/mol. The van der Waals surface area contributed by atoms with Crippen LogP contribution in [0.5, 0.6) is 5.88 Å². The van der Waals surface area contributed by atoms with Crippen molar-refractivity contribution in [1.29, 1.82) is 10.5 Å². The SMILES string of the molecule is CCCCn1c(=O)[nH]c(OCC)c(/N=N/c2nc(C#N)c(C#N)[nH]2)c1=O. The van der Waals surface area contributed by atoms with Gasteiger partial charge in [-0.15, -0.1) is 10.2 Å². The van der Waals surface area contributed by atoms with Gasteiger partial charge in [0.15, 0.2) is 11.4 Å². The van der Waals surface area contributed by atoms with Gasteiger partial charge in [-0.2, -0.15) is 15.5 Å². The summed E-state index contributed by atoms with van der Waals surface area (Å²) in [6.45, 7) is 4.06. The Kier molecular flexibility index (Phi) is 6.01. The Balaban J connectivity index is 2.51. The van der Waals surface area contributed by atoms with Gasteiger partial charge in [0.2, 0.25) is 17.5 Å². The topological polar surface area (TPSA) is 165 Å². The lowest BCUT2D eigenvalue weighted by molar-refractivity contribution is 0.323. The minimum absolute atomic E-state index is 0.0618. The third kappa shape index (κ3) is 3.84. The first-order chi connectivity index (χ1) is 12.5. The molecule has 2 rings (SSSR count). The van der Waals surface area contributed by atoms with Gasteiger partial charge >= 0.3 is 5.69 Å². The first-order valence-corrected chi connectivity index (χ1v) is 7.87. The molecule has 0 spiro atoms. The molecule has 0 fully saturated rings. The van der Waals surface area contributed by atoms with Crippen LogP contribution >= 0.6 is 0 Å². The number of aromatic amines is 2. The highest BCUT2D eigenvalue weighted by Crippen LogP contribution is 2.21. The maximum absolute atomic E-state index is 12.6. The predicted octanol–water partition coefficient (Wildman–Crippen LogP) is 1.62. The number of ether oxygens (including phenoxy) is 1. The first kappa shape index (κ1) is 18.6. The summed E-state index contributed by atoms with van der Waals surface area (Å²) in [5, 5.41) is 25.3. The Bertz CT molecular complexity index is 984. The number of H-pyrrole nitrogens is 2. The molecule has 26 heavy (non-hydrogen) atoms. The molecular weight excluding hydrogens is 340 g/mol. The minimum Gasteiger partial charge on any atom is -0.477 e. The van der Waals surface area contributed by atoms with Gasteiger partial charge in [-0.1, -0.05) is 13.3 Å². The van der Waals surface area contributed by atoms with Crippen molar-refractivity contribution in [2.45, 2.75) is 33.2 Å². The number of nitriles is 2. The molecule has 2 aromatic rings. The highest BCUT2D eigenvalue weighted by atomic mass is 16.5. The fourth-order valence-electron chi connectivity index (χ4n) is 2.06. The molecule has 0 bridgehead atoms. The van der Waals surface area contributed by atoms with Gasteiger partial charge in [0.1, 0.15) is 12.1 Å². The number of aromatic nitrogens is 4. The maximum atomic E-state index is 12.6. The molecule has 134 valence electrons. The Morgan fingerprint density at radius 3 is 2.54 bits per heavy atom. The second-order valence-corrected chi connectivity index (χ2v) is 5.06. The lowest BCUT2D eigenvalue weighted by Crippen LogP contribution is -2.35. The molecule has 2 N–H and O–H groups in total. The largest absolute Gasteiger partial charge is 0.477 e. The van der Waals surface area contributed by atoms with E-state index in [9.17, 15) is 9.59 Å². The zero-order valence-electron chi connectivity index (χ0n) is 14.2. The van der Waals surface area contributed by atoms with E-state index in [1.807, 2.05) is 6.92 Å². The zero-order valence-corrected chi connectivity index (χ0v) is 14.2. The van der Waals surface area contributed by atoms with E-state index in [2.05, 4.69) is 25.2 Å². The van der Waals surface area contributed by atoms with Gasteiger partial charge in [-0.3, -0.25) is 14.3 Å². The summed E-state index contributed by atoms with van der Waals surface area (Å²) in [7, 11) is 0. The van der Waals surface area contributed by atoms with Crippen LogP contribution in [0.4, 0.5) is 11.6 Å². The zero-order chi connectivity index (χ0) is 19.1. The number of hydrogen-bond donors (Lipinski definition) is 2. The number of hydrogen-bond acceptors (Lipinski definition) is 8. The number of azo groups is 1. The van der Waals surface area contributed by atoms with E-state index in [0.717, 1.165) is 11.0 Å². The molecule has 0 aliphatic rings. The fourth-order valence-corrected chi connectivity index (χ4v) is 2.06. The molecule has 0 aliphatic heterocycles. The molecule has 0 unspecified atom stereocenters. The van der Waals surface area contributed by atoms with E-state index in [1.54, 1.807) is 19.1 Å². The Hall–Kier alpha value is -3.73. The average Bonchev–Trinajstić information content (AvgIpc) is 3.03. The van der Waals surface area contributed by atoms with Gasteiger partial charge < -0.3 is 9.72 Å². The van der Waals surface area contributed by atoms with Crippen molar-refractivity contribution in [3.63, 3.8) is 0 Å². The van der Waals surface area contributed by atoms with Crippen LogP contribution in [0.1, 0.15) is 38.1 Å². The molecule has 11 nitrogen and oxygen atoms in total. The third-order valence-corrected chi connectivity index (χ3v) is 3.31. The predicted molar refractivity (Wildman–Crippen MR) is 89.6 cm³/mol. The number of imidazole rings is 1. The lowest BCUT2D eigenvalue weighted by Gasteiger charge is -2.08. The van der Waals surface area contributed by atoms with Crippen molar-refractivity contribution in [1.82, 2.24) is 19.5 Å². The molecule has 2 heterocycles. The summed E-state index contributed by atoms with van der Waals surface area (Å²) in [6, 6.07) is 3.51. The number of rotatable bonds is 7. The molecule has 0 saturated carbocycles. The second-order valence-electron chi connectivity index (χ2n) is 5.06. The van der Waals surface area contributed by atoms with E-state index >= 15 is 0 Å². The number of nitrogens with zero attached hydrogens (tertiary/aromatic N) is 6. The van der Waals surface area contributed by atoms with Crippen molar-refractivity contribution in [3.8, 4) is 18.0 Å². The van der Waals surface area contributed by atoms with E-state index in [0.29, 0.717) is 6.42 Å². The van der Waals surface area contributed by atoms with Crippen LogP contribution < -0.4 is 16.0 Å². The van der Waals surface area contributed by atoms with Crippen molar-refractivity contribution in [2.75, 3.05) is 6.61 Å². The summed E-state index contributed by atoms with van der Waals surface area (Å²) in [4.78, 5) is 33.4. The fraction of sp³-hybridized carbons (Fsp3) is 0.400. The Morgan fingerprint density at radius 2 is 1.96 bits per heavy atom. The number of unbranched alkanes of at least 4 members (excludes halogenated alkanes) is 1. The molecule has 2 aromatic heterocycles. The van der Waals surface area contributed by atoms with Crippen molar-refractivity contribution >= 4 is 11.6 Å². The van der Waals surface area contributed by atoms with Crippen LogP contribution in [0.2, 0.25) is 0 Å². The summed E-state index contributed by atoms with van der Waals surface area (Å²) < 4.78 is 6.28. The van der Waals surface area contributed by atoms with Crippen molar-refractivity contribution < 1.29 is 4.74 Å². The van der Waals surface area contributed by atoms with E-state index in [4.69, 9.17) is 15.3 Å². The highest BCUT2D eigenvalue weighted by molar-refractivity contribution is 5.45. The Labute approximate surface area is 147 Å². The van der Waals surface area contributed by atoms with Crippen LogP contribution in [0.25, 0.3) is 0 Å². The van der Waals surface area contributed by atoms with Crippen molar-refractivity contribution in [2.24, 2.45) is 10.2 Å². The van der Waals surface area contributed by atoms with E-state index in [1.165, 1.54) is 0 Å². The van der Waals surface area contributed by atoms with Gasteiger partial charge in [-0.05, 0) is 13.3 Å². The normalized spacial score (nSPS) is 10.6. The summed E-state index contributed by atoms with van der Waals surface area (Å²) in [5.74, 6) is -0.224. The van der Waals surface area contributed by atoms with Crippen molar-refractivity contribution in [3.05, 3.63) is 32.2 Å². The molecule has 0 atom stereocenters. The van der Waals surface area contributed by atoms with E-state index < -0.39 is 11.2 Å². The second kappa shape index (κ2) is 8.39. The molecule has 0 aliphatic carbocycles. The van der Waals surface area contributed by atoms with Crippen LogP contribution in [0.3, 0.4) is 0 Å². The molecule has 0 radical (unpaired) electrons. The molecule has 11 heteroatoms. The van der Waals surface area contributed by atoms with Crippen LogP contribution in [0.15, 0.2) is 19.8 Å². The molecule has 0 aromatic carbocycles. The first-order valence-electron chi connectivity index (χ1n) is 7.87. The number of nitrogens with one attached hydrogen (secondary N) is 2. The lowest BCUT2D eigenvalue weighted by atomic mass is 10.3. The Morgan fingerprint density at radius 1 is 1.19 bits per heavy atom. The summed E-state index contributed by atoms with van der Waals surface area (Å²) in [6.07, 6.45) is 1.44. The van der Waals surface area contributed by atoms with Gasteiger partial charge in [0.05, 0.1) is 6.61 Å².